The van der Waals surface area contributed by atoms with Crippen LogP contribution in [0.4, 0.5) is 0 Å². The van der Waals surface area contributed by atoms with Crippen molar-refractivity contribution in [1.82, 2.24) is 10.2 Å². The van der Waals surface area contributed by atoms with E-state index in [0.29, 0.717) is 0 Å². The summed E-state index contributed by atoms with van der Waals surface area (Å²) >= 11 is 2.15. The van der Waals surface area contributed by atoms with Gasteiger partial charge in [-0.05, 0) is 51.4 Å². The minimum atomic E-state index is 0.793. The van der Waals surface area contributed by atoms with Crippen LogP contribution < -0.4 is 5.32 Å². The molecule has 0 aromatic carbocycles. The molecule has 1 aliphatic carbocycles. The summed E-state index contributed by atoms with van der Waals surface area (Å²) in [5, 5.41) is 4.75. The van der Waals surface area contributed by atoms with Crippen molar-refractivity contribution < 1.29 is 0 Å². The zero-order chi connectivity index (χ0) is 12.1. The van der Waals surface area contributed by atoms with Gasteiger partial charge in [0.05, 0.1) is 0 Å². The molecule has 2 aliphatic rings. The predicted octanol–water partition coefficient (Wildman–Crippen LogP) is 2.73. The smallest absolute Gasteiger partial charge is 0.0217 e. The van der Waals surface area contributed by atoms with E-state index in [4.69, 9.17) is 0 Å². The topological polar surface area (TPSA) is 15.3 Å². The Hall–Kier alpha value is 0.270. The molecule has 2 rings (SSSR count). The van der Waals surface area contributed by atoms with Crippen LogP contribution in [0.25, 0.3) is 0 Å². The summed E-state index contributed by atoms with van der Waals surface area (Å²) in [7, 11) is 2.29. The molecule has 1 saturated carbocycles. The SMILES string of the molecule is CCSC1CCC(NCC2CCCCN2C)C1. The lowest BCUT2D eigenvalue weighted by atomic mass is 10.0. The maximum Gasteiger partial charge on any atom is 0.0217 e. The van der Waals surface area contributed by atoms with Crippen LogP contribution in [0.5, 0.6) is 0 Å². The molecular formula is C14H28N2S. The highest BCUT2D eigenvalue weighted by atomic mass is 32.2. The quantitative estimate of drug-likeness (QED) is 0.814. The number of nitrogens with zero attached hydrogens (tertiary/aromatic N) is 1. The Morgan fingerprint density at radius 1 is 1.24 bits per heavy atom. The molecule has 3 unspecified atom stereocenters. The second-order valence-electron chi connectivity index (χ2n) is 5.63. The summed E-state index contributed by atoms with van der Waals surface area (Å²) < 4.78 is 0. The first-order valence-corrected chi connectivity index (χ1v) is 8.39. The lowest BCUT2D eigenvalue weighted by Crippen LogP contribution is -2.45. The van der Waals surface area contributed by atoms with Gasteiger partial charge in [-0.25, -0.2) is 0 Å². The largest absolute Gasteiger partial charge is 0.312 e. The molecule has 1 saturated heterocycles. The summed E-state index contributed by atoms with van der Waals surface area (Å²) in [6.45, 7) is 4.79. The number of hydrogen-bond donors (Lipinski definition) is 1. The van der Waals surface area contributed by atoms with Gasteiger partial charge in [0.1, 0.15) is 0 Å². The number of nitrogens with one attached hydrogen (secondary N) is 1. The molecule has 1 aliphatic heterocycles. The average molecular weight is 256 g/mol. The molecule has 0 aromatic heterocycles. The fourth-order valence-electron chi connectivity index (χ4n) is 3.22. The maximum atomic E-state index is 3.82. The van der Waals surface area contributed by atoms with E-state index in [1.807, 2.05) is 0 Å². The van der Waals surface area contributed by atoms with Crippen LogP contribution in [0.1, 0.15) is 45.4 Å². The number of hydrogen-bond acceptors (Lipinski definition) is 3. The summed E-state index contributed by atoms with van der Waals surface area (Å²) in [4.78, 5) is 2.55. The fraction of sp³-hybridized carbons (Fsp3) is 1.00. The highest BCUT2D eigenvalue weighted by Gasteiger charge is 2.26. The van der Waals surface area contributed by atoms with Gasteiger partial charge in [0.2, 0.25) is 0 Å². The van der Waals surface area contributed by atoms with Crippen molar-refractivity contribution in [3.05, 3.63) is 0 Å². The van der Waals surface area contributed by atoms with Crippen LogP contribution in [0.3, 0.4) is 0 Å². The molecule has 3 heteroatoms. The van der Waals surface area contributed by atoms with Crippen molar-refractivity contribution in [2.75, 3.05) is 25.9 Å². The molecule has 2 nitrogen and oxygen atoms in total. The van der Waals surface area contributed by atoms with Crippen molar-refractivity contribution >= 4 is 11.8 Å². The normalized spacial score (nSPS) is 35.3. The first-order valence-electron chi connectivity index (χ1n) is 7.34. The second-order valence-corrected chi connectivity index (χ2v) is 7.20. The molecule has 2 fully saturated rings. The van der Waals surface area contributed by atoms with E-state index in [-0.39, 0.29) is 0 Å². The van der Waals surface area contributed by atoms with Gasteiger partial charge in [-0.2, -0.15) is 11.8 Å². The number of rotatable bonds is 5. The van der Waals surface area contributed by atoms with E-state index in [1.54, 1.807) is 0 Å². The van der Waals surface area contributed by atoms with E-state index in [0.717, 1.165) is 17.3 Å². The molecule has 0 amide bonds. The zero-order valence-corrected chi connectivity index (χ0v) is 12.3. The Bertz CT molecular complexity index is 222. The minimum Gasteiger partial charge on any atom is -0.312 e. The first-order chi connectivity index (χ1) is 8.29. The van der Waals surface area contributed by atoms with Gasteiger partial charge in [0, 0.05) is 23.9 Å². The van der Waals surface area contributed by atoms with Crippen LogP contribution in [-0.2, 0) is 0 Å². The third kappa shape index (κ3) is 4.15. The summed E-state index contributed by atoms with van der Waals surface area (Å²) in [6, 6.07) is 1.59. The van der Waals surface area contributed by atoms with E-state index in [2.05, 4.69) is 35.9 Å². The monoisotopic (exact) mass is 256 g/mol. The van der Waals surface area contributed by atoms with Gasteiger partial charge < -0.3 is 10.2 Å². The van der Waals surface area contributed by atoms with Crippen molar-refractivity contribution in [3.8, 4) is 0 Å². The van der Waals surface area contributed by atoms with Gasteiger partial charge in [0.25, 0.3) is 0 Å². The molecule has 0 radical (unpaired) electrons. The number of likely N-dealkylation sites (tertiary alicyclic amines) is 1. The zero-order valence-electron chi connectivity index (χ0n) is 11.5. The molecule has 1 heterocycles. The third-order valence-electron chi connectivity index (χ3n) is 4.35. The second kappa shape index (κ2) is 7.01. The van der Waals surface area contributed by atoms with Crippen LogP contribution in [0.2, 0.25) is 0 Å². The predicted molar refractivity (Wildman–Crippen MR) is 77.8 cm³/mol. The Labute approximate surface area is 111 Å². The molecule has 1 N–H and O–H groups in total. The molecule has 0 bridgehead atoms. The van der Waals surface area contributed by atoms with Crippen molar-refractivity contribution in [2.24, 2.45) is 0 Å². The molecule has 0 aromatic rings. The maximum absolute atomic E-state index is 3.82. The number of piperidine rings is 1. The lowest BCUT2D eigenvalue weighted by Gasteiger charge is -2.33. The van der Waals surface area contributed by atoms with Crippen LogP contribution in [0, 0.1) is 0 Å². The summed E-state index contributed by atoms with van der Waals surface area (Å²) in [5.74, 6) is 1.28. The highest BCUT2D eigenvalue weighted by molar-refractivity contribution is 7.99. The van der Waals surface area contributed by atoms with Crippen LogP contribution in [0.15, 0.2) is 0 Å². The van der Waals surface area contributed by atoms with Crippen molar-refractivity contribution in [2.45, 2.75) is 62.8 Å². The van der Waals surface area contributed by atoms with Crippen molar-refractivity contribution in [1.29, 1.82) is 0 Å². The molecule has 0 spiro atoms. The first kappa shape index (κ1) is 13.7. The minimum absolute atomic E-state index is 0.793. The van der Waals surface area contributed by atoms with Crippen LogP contribution in [-0.4, -0.2) is 48.1 Å². The Morgan fingerprint density at radius 2 is 2.12 bits per heavy atom. The fourth-order valence-corrected chi connectivity index (χ4v) is 4.36. The summed E-state index contributed by atoms with van der Waals surface area (Å²) in [6.07, 6.45) is 8.43. The summed E-state index contributed by atoms with van der Waals surface area (Å²) in [5.41, 5.74) is 0. The van der Waals surface area contributed by atoms with Gasteiger partial charge >= 0.3 is 0 Å². The number of likely N-dealkylation sites (N-methyl/N-ethyl adjacent to an activating group) is 1. The van der Waals surface area contributed by atoms with Crippen LogP contribution >= 0.6 is 11.8 Å². The van der Waals surface area contributed by atoms with Gasteiger partial charge in [0.15, 0.2) is 0 Å². The van der Waals surface area contributed by atoms with Crippen molar-refractivity contribution in [3.63, 3.8) is 0 Å². The standard InChI is InChI=1S/C14H28N2S/c1-3-17-14-8-7-12(10-14)15-11-13-6-4-5-9-16(13)2/h12-15H,3-11H2,1-2H3. The van der Waals surface area contributed by atoms with E-state index in [9.17, 15) is 0 Å². The van der Waals surface area contributed by atoms with E-state index < -0.39 is 0 Å². The number of thioether (sulfide) groups is 1. The van der Waals surface area contributed by atoms with Gasteiger partial charge in [-0.1, -0.05) is 13.3 Å². The average Bonchev–Trinajstić information content (AvgIpc) is 2.76. The molecular weight excluding hydrogens is 228 g/mol. The molecule has 3 atom stereocenters. The Kier molecular flexibility index (Phi) is 5.64. The Balaban J connectivity index is 1.65. The molecule has 17 heavy (non-hydrogen) atoms. The van der Waals surface area contributed by atoms with E-state index in [1.165, 1.54) is 57.4 Å². The lowest BCUT2D eigenvalue weighted by molar-refractivity contribution is 0.178. The van der Waals surface area contributed by atoms with E-state index >= 15 is 0 Å². The highest BCUT2D eigenvalue weighted by Crippen LogP contribution is 2.29. The molecule has 100 valence electrons. The van der Waals surface area contributed by atoms with Gasteiger partial charge in [-0.15, -0.1) is 0 Å². The Morgan fingerprint density at radius 3 is 2.88 bits per heavy atom. The third-order valence-corrected chi connectivity index (χ3v) is 5.58. The van der Waals surface area contributed by atoms with Gasteiger partial charge in [-0.3, -0.25) is 0 Å².